The number of hydrogen-bond acceptors (Lipinski definition) is 5. The summed E-state index contributed by atoms with van der Waals surface area (Å²) in [5.74, 6) is -2.71. The molecule has 7 nitrogen and oxygen atoms in total. The van der Waals surface area contributed by atoms with Gasteiger partial charge in [0.15, 0.2) is 9.84 Å². The fourth-order valence-corrected chi connectivity index (χ4v) is 4.09. The summed E-state index contributed by atoms with van der Waals surface area (Å²) in [5.41, 5.74) is 6.34. The topological polar surface area (TPSA) is 118 Å². The quantitative estimate of drug-likeness (QED) is 0.763. The smallest absolute Gasteiger partial charge is 0.323 e. The number of amides is 1. The average Bonchev–Trinajstić information content (AvgIpc) is 2.76. The Morgan fingerprint density at radius 1 is 1.33 bits per heavy atom. The molecule has 0 aromatic heterocycles. The van der Waals surface area contributed by atoms with Crippen molar-refractivity contribution in [2.45, 2.75) is 6.42 Å². The predicted molar refractivity (Wildman–Crippen MR) is 77.6 cm³/mol. The number of rotatable bonds is 4. The molecule has 1 aromatic carbocycles. The van der Waals surface area contributed by atoms with Gasteiger partial charge in [0.1, 0.15) is 6.54 Å². The third-order valence-corrected chi connectivity index (χ3v) is 5.14. The number of aliphatic carboxylic acids is 1. The van der Waals surface area contributed by atoms with Crippen molar-refractivity contribution in [1.29, 1.82) is 0 Å². The second kappa shape index (κ2) is 5.72. The van der Waals surface area contributed by atoms with E-state index >= 15 is 0 Å². The van der Waals surface area contributed by atoms with E-state index in [1.807, 2.05) is 0 Å². The Kier molecular flexibility index (Phi) is 4.17. The van der Waals surface area contributed by atoms with Crippen LogP contribution in [0.15, 0.2) is 24.3 Å². The highest BCUT2D eigenvalue weighted by Crippen LogP contribution is 2.27. The van der Waals surface area contributed by atoms with Crippen LogP contribution >= 0.6 is 0 Å². The second-order valence-corrected chi connectivity index (χ2v) is 7.21. The lowest BCUT2D eigenvalue weighted by Crippen LogP contribution is -2.40. The van der Waals surface area contributed by atoms with Crippen LogP contribution in [0.2, 0.25) is 0 Å². The number of carbonyl (C=O) groups is 2. The molecule has 1 atom stereocenters. The molecule has 2 rings (SSSR count). The molecule has 1 unspecified atom stereocenters. The highest BCUT2D eigenvalue weighted by molar-refractivity contribution is 7.91. The number of nitrogens with zero attached hydrogens (tertiary/aromatic N) is 1. The Morgan fingerprint density at radius 3 is 2.52 bits per heavy atom. The maximum Gasteiger partial charge on any atom is 0.323 e. The number of hydrogen-bond donors (Lipinski definition) is 2. The van der Waals surface area contributed by atoms with Gasteiger partial charge in [-0.25, -0.2) is 8.42 Å². The van der Waals surface area contributed by atoms with Crippen LogP contribution in [-0.2, 0) is 19.4 Å². The summed E-state index contributed by atoms with van der Waals surface area (Å²) in [7, 11) is -3.22. The Morgan fingerprint density at radius 2 is 2.00 bits per heavy atom. The van der Waals surface area contributed by atoms with E-state index in [1.165, 1.54) is 0 Å². The van der Waals surface area contributed by atoms with Crippen molar-refractivity contribution < 1.29 is 23.1 Å². The van der Waals surface area contributed by atoms with Crippen molar-refractivity contribution >= 4 is 33.1 Å². The molecule has 1 aromatic rings. The first-order chi connectivity index (χ1) is 9.80. The van der Waals surface area contributed by atoms with E-state index in [0.29, 0.717) is 0 Å². The fraction of sp³-hybridized carbons (Fsp3) is 0.385. The SMILES string of the molecule is Nc1ccccc1N(CC(=O)O)C(=O)C1CCS(=O)(=O)C1. The van der Waals surface area contributed by atoms with E-state index in [0.717, 1.165) is 4.90 Å². The first kappa shape index (κ1) is 15.3. The van der Waals surface area contributed by atoms with Gasteiger partial charge in [-0.1, -0.05) is 12.1 Å². The van der Waals surface area contributed by atoms with Crippen molar-refractivity contribution in [1.82, 2.24) is 0 Å². The fourth-order valence-electron chi connectivity index (χ4n) is 2.36. The van der Waals surface area contributed by atoms with Gasteiger partial charge in [-0.2, -0.15) is 0 Å². The molecular formula is C13H16N2O5S. The lowest BCUT2D eigenvalue weighted by molar-refractivity contribution is -0.137. The van der Waals surface area contributed by atoms with E-state index in [-0.39, 0.29) is 29.3 Å². The summed E-state index contributed by atoms with van der Waals surface area (Å²) in [5, 5.41) is 8.98. The van der Waals surface area contributed by atoms with E-state index < -0.39 is 34.2 Å². The van der Waals surface area contributed by atoms with Crippen LogP contribution in [0.1, 0.15) is 6.42 Å². The molecule has 8 heteroatoms. The standard InChI is InChI=1S/C13H16N2O5S/c14-10-3-1-2-4-11(10)15(7-12(16)17)13(18)9-5-6-21(19,20)8-9/h1-4,9H,5-8,14H2,(H,16,17). The zero-order chi connectivity index (χ0) is 15.6. The minimum Gasteiger partial charge on any atom is -0.480 e. The molecule has 1 aliphatic rings. The number of nitrogen functional groups attached to an aromatic ring is 1. The molecule has 0 spiro atoms. The third kappa shape index (κ3) is 3.52. The van der Waals surface area contributed by atoms with Crippen LogP contribution in [0.4, 0.5) is 11.4 Å². The van der Waals surface area contributed by atoms with Gasteiger partial charge in [0.05, 0.1) is 28.8 Å². The molecule has 0 aliphatic carbocycles. The van der Waals surface area contributed by atoms with E-state index in [4.69, 9.17) is 10.8 Å². The summed E-state index contributed by atoms with van der Waals surface area (Å²) < 4.78 is 23.0. The van der Waals surface area contributed by atoms with E-state index in [1.54, 1.807) is 24.3 Å². The third-order valence-electron chi connectivity index (χ3n) is 3.37. The number of nitrogens with two attached hydrogens (primary N) is 1. The highest BCUT2D eigenvalue weighted by atomic mass is 32.2. The predicted octanol–water partition coefficient (Wildman–Crippen LogP) is 0.121. The van der Waals surface area contributed by atoms with Crippen molar-refractivity contribution in [2.24, 2.45) is 5.92 Å². The Balaban J connectivity index is 2.31. The van der Waals surface area contributed by atoms with Gasteiger partial charge in [0.2, 0.25) is 5.91 Å². The van der Waals surface area contributed by atoms with Gasteiger partial charge in [0.25, 0.3) is 0 Å². The first-order valence-electron chi connectivity index (χ1n) is 6.38. The molecule has 1 heterocycles. The monoisotopic (exact) mass is 312 g/mol. The van der Waals surface area contributed by atoms with Crippen LogP contribution in [0.3, 0.4) is 0 Å². The van der Waals surface area contributed by atoms with Crippen molar-refractivity contribution in [3.63, 3.8) is 0 Å². The van der Waals surface area contributed by atoms with E-state index in [9.17, 15) is 18.0 Å². The molecule has 0 radical (unpaired) electrons. The molecule has 0 saturated carbocycles. The highest BCUT2D eigenvalue weighted by Gasteiger charge is 2.36. The Bertz CT molecular complexity index is 671. The van der Waals surface area contributed by atoms with Crippen LogP contribution < -0.4 is 10.6 Å². The normalized spacial score (nSPS) is 20.1. The number of para-hydroxylation sites is 2. The van der Waals surface area contributed by atoms with Gasteiger partial charge in [0, 0.05) is 0 Å². The zero-order valence-corrected chi connectivity index (χ0v) is 12.0. The van der Waals surface area contributed by atoms with Gasteiger partial charge >= 0.3 is 5.97 Å². The number of carboxylic acid groups (broad SMARTS) is 1. The van der Waals surface area contributed by atoms with Gasteiger partial charge in [-0.05, 0) is 18.6 Å². The molecular weight excluding hydrogens is 296 g/mol. The molecule has 3 N–H and O–H groups in total. The maximum absolute atomic E-state index is 12.5. The van der Waals surface area contributed by atoms with Crippen LogP contribution in [0.25, 0.3) is 0 Å². The lowest BCUT2D eigenvalue weighted by Gasteiger charge is -2.24. The summed E-state index contributed by atoms with van der Waals surface area (Å²) in [4.78, 5) is 24.5. The summed E-state index contributed by atoms with van der Waals surface area (Å²) >= 11 is 0. The molecule has 1 fully saturated rings. The molecule has 1 amide bonds. The Labute approximate surface area is 122 Å². The second-order valence-electron chi connectivity index (χ2n) is 4.98. The zero-order valence-electron chi connectivity index (χ0n) is 11.2. The van der Waals surface area contributed by atoms with Gasteiger partial charge in [-0.15, -0.1) is 0 Å². The Hall–Kier alpha value is -2.09. The summed E-state index contributed by atoms with van der Waals surface area (Å²) in [6.45, 7) is -0.552. The van der Waals surface area contributed by atoms with Crippen molar-refractivity contribution in [3.8, 4) is 0 Å². The molecule has 1 saturated heterocycles. The number of sulfone groups is 1. The largest absolute Gasteiger partial charge is 0.480 e. The molecule has 114 valence electrons. The van der Waals surface area contributed by atoms with Crippen molar-refractivity contribution in [3.05, 3.63) is 24.3 Å². The minimum absolute atomic E-state index is 0.0470. The van der Waals surface area contributed by atoms with Gasteiger partial charge < -0.3 is 10.8 Å². The first-order valence-corrected chi connectivity index (χ1v) is 8.20. The minimum atomic E-state index is -3.22. The van der Waals surface area contributed by atoms with E-state index in [2.05, 4.69) is 0 Å². The van der Waals surface area contributed by atoms with Gasteiger partial charge in [-0.3, -0.25) is 14.5 Å². The lowest BCUT2D eigenvalue weighted by atomic mass is 10.1. The average molecular weight is 312 g/mol. The molecule has 21 heavy (non-hydrogen) atoms. The van der Waals surface area contributed by atoms with Crippen LogP contribution in [-0.4, -0.2) is 43.5 Å². The number of carbonyl (C=O) groups excluding carboxylic acids is 1. The summed E-state index contributed by atoms with van der Waals surface area (Å²) in [6.07, 6.45) is 0.212. The summed E-state index contributed by atoms with van der Waals surface area (Å²) in [6, 6.07) is 6.41. The molecule has 1 aliphatic heterocycles. The molecule has 0 bridgehead atoms. The number of carboxylic acids is 1. The van der Waals surface area contributed by atoms with Crippen LogP contribution in [0, 0.1) is 5.92 Å². The number of benzene rings is 1. The number of anilines is 2. The van der Waals surface area contributed by atoms with Crippen LogP contribution in [0.5, 0.6) is 0 Å². The van der Waals surface area contributed by atoms with Crippen molar-refractivity contribution in [2.75, 3.05) is 28.7 Å². The maximum atomic E-state index is 12.5.